The van der Waals surface area contributed by atoms with Crippen molar-refractivity contribution in [3.8, 4) is 5.75 Å². The molecule has 0 bridgehead atoms. The monoisotopic (exact) mass is 278 g/mol. The number of aryl methyl sites for hydroxylation is 1. The van der Waals surface area contributed by atoms with Gasteiger partial charge in [0.25, 0.3) is 0 Å². The van der Waals surface area contributed by atoms with Crippen molar-refractivity contribution in [3.63, 3.8) is 0 Å². The molecule has 0 aliphatic rings. The normalized spacial score (nSPS) is 9.90. The summed E-state index contributed by atoms with van der Waals surface area (Å²) in [6.45, 7) is 4.96. The molecular weight excluding hydrogens is 256 g/mol. The summed E-state index contributed by atoms with van der Waals surface area (Å²) in [4.78, 5) is 22.9. The number of carbonyl (C=O) groups excluding carboxylic acids is 2. The third-order valence-electron chi connectivity index (χ3n) is 2.71. The second-order valence-corrected chi connectivity index (χ2v) is 4.27. The SMILES string of the molecule is CCNC(=O)CNC(=O)CCc1ccccc1OCC. The molecule has 20 heavy (non-hydrogen) atoms. The molecular formula is C15H22N2O3. The molecule has 0 saturated carbocycles. The van der Waals surface area contributed by atoms with Crippen LogP contribution in [0.4, 0.5) is 0 Å². The molecule has 5 heteroatoms. The van der Waals surface area contributed by atoms with Crippen LogP contribution in [0.15, 0.2) is 24.3 Å². The molecule has 0 unspecified atom stereocenters. The minimum Gasteiger partial charge on any atom is -0.494 e. The number of rotatable bonds is 8. The van der Waals surface area contributed by atoms with Gasteiger partial charge in [0.1, 0.15) is 5.75 Å². The lowest BCUT2D eigenvalue weighted by Crippen LogP contribution is -2.36. The van der Waals surface area contributed by atoms with Crippen LogP contribution in [0.2, 0.25) is 0 Å². The molecule has 0 atom stereocenters. The summed E-state index contributed by atoms with van der Waals surface area (Å²) >= 11 is 0. The molecule has 0 radical (unpaired) electrons. The van der Waals surface area contributed by atoms with E-state index in [1.54, 1.807) is 0 Å². The first kappa shape index (κ1) is 16.0. The van der Waals surface area contributed by atoms with Crippen molar-refractivity contribution in [2.75, 3.05) is 19.7 Å². The Balaban J connectivity index is 2.39. The lowest BCUT2D eigenvalue weighted by atomic mass is 10.1. The molecule has 2 amide bonds. The van der Waals surface area contributed by atoms with Crippen molar-refractivity contribution in [1.82, 2.24) is 10.6 Å². The first-order valence-electron chi connectivity index (χ1n) is 6.91. The van der Waals surface area contributed by atoms with Gasteiger partial charge in [-0.2, -0.15) is 0 Å². The van der Waals surface area contributed by atoms with E-state index in [1.807, 2.05) is 38.1 Å². The van der Waals surface area contributed by atoms with E-state index in [1.165, 1.54) is 0 Å². The fourth-order valence-electron chi connectivity index (χ4n) is 1.78. The second kappa shape index (κ2) is 8.96. The molecule has 0 heterocycles. The van der Waals surface area contributed by atoms with Crippen LogP contribution in [-0.2, 0) is 16.0 Å². The van der Waals surface area contributed by atoms with Crippen LogP contribution in [0.1, 0.15) is 25.8 Å². The third kappa shape index (κ3) is 5.73. The molecule has 0 aliphatic carbocycles. The van der Waals surface area contributed by atoms with Gasteiger partial charge in [-0.25, -0.2) is 0 Å². The van der Waals surface area contributed by atoms with Crippen molar-refractivity contribution < 1.29 is 14.3 Å². The lowest BCUT2D eigenvalue weighted by molar-refractivity contribution is -0.126. The summed E-state index contributed by atoms with van der Waals surface area (Å²) < 4.78 is 5.50. The predicted molar refractivity (Wildman–Crippen MR) is 77.6 cm³/mol. The number of ether oxygens (including phenoxy) is 1. The Morgan fingerprint density at radius 3 is 2.55 bits per heavy atom. The maximum Gasteiger partial charge on any atom is 0.239 e. The first-order chi connectivity index (χ1) is 9.67. The fraction of sp³-hybridized carbons (Fsp3) is 0.467. The highest BCUT2D eigenvalue weighted by molar-refractivity contribution is 5.84. The van der Waals surface area contributed by atoms with Crippen LogP contribution in [0.5, 0.6) is 5.75 Å². The molecule has 1 aromatic rings. The number of likely N-dealkylation sites (N-methyl/N-ethyl adjacent to an activating group) is 1. The van der Waals surface area contributed by atoms with Crippen LogP contribution >= 0.6 is 0 Å². The molecule has 1 rings (SSSR count). The Morgan fingerprint density at radius 2 is 1.85 bits per heavy atom. The quantitative estimate of drug-likeness (QED) is 0.752. The van der Waals surface area contributed by atoms with Gasteiger partial charge in [-0.3, -0.25) is 9.59 Å². The van der Waals surface area contributed by atoms with Crippen LogP contribution in [0, 0.1) is 0 Å². The highest BCUT2D eigenvalue weighted by Crippen LogP contribution is 2.19. The topological polar surface area (TPSA) is 67.4 Å². The second-order valence-electron chi connectivity index (χ2n) is 4.27. The van der Waals surface area contributed by atoms with E-state index >= 15 is 0 Å². The summed E-state index contributed by atoms with van der Waals surface area (Å²) in [7, 11) is 0. The third-order valence-corrected chi connectivity index (χ3v) is 2.71. The van der Waals surface area contributed by atoms with Gasteiger partial charge in [0.2, 0.25) is 11.8 Å². The van der Waals surface area contributed by atoms with Gasteiger partial charge in [0.05, 0.1) is 13.2 Å². The average molecular weight is 278 g/mol. The largest absolute Gasteiger partial charge is 0.494 e. The van der Waals surface area contributed by atoms with E-state index < -0.39 is 0 Å². The molecule has 0 fully saturated rings. The Bertz CT molecular complexity index is 446. The number of amides is 2. The van der Waals surface area contributed by atoms with Gasteiger partial charge in [-0.1, -0.05) is 18.2 Å². The van der Waals surface area contributed by atoms with E-state index in [0.717, 1.165) is 11.3 Å². The fourth-order valence-corrected chi connectivity index (χ4v) is 1.78. The summed E-state index contributed by atoms with van der Waals surface area (Å²) in [5.41, 5.74) is 1.00. The van der Waals surface area contributed by atoms with Crippen LogP contribution < -0.4 is 15.4 Å². The molecule has 0 aliphatic heterocycles. The Hall–Kier alpha value is -2.04. The highest BCUT2D eigenvalue weighted by atomic mass is 16.5. The molecule has 1 aromatic carbocycles. The van der Waals surface area contributed by atoms with Gasteiger partial charge in [0, 0.05) is 13.0 Å². The van der Waals surface area contributed by atoms with Gasteiger partial charge in [-0.05, 0) is 31.9 Å². The number of hydrogen-bond acceptors (Lipinski definition) is 3. The minimum absolute atomic E-state index is 0.0276. The lowest BCUT2D eigenvalue weighted by Gasteiger charge is -2.10. The number of nitrogens with one attached hydrogen (secondary N) is 2. The average Bonchev–Trinajstić information content (AvgIpc) is 2.45. The van der Waals surface area contributed by atoms with Gasteiger partial charge in [0.15, 0.2) is 0 Å². The smallest absolute Gasteiger partial charge is 0.239 e. The number of hydrogen-bond donors (Lipinski definition) is 2. The van der Waals surface area contributed by atoms with Crippen molar-refractivity contribution in [2.24, 2.45) is 0 Å². The summed E-state index contributed by atoms with van der Waals surface area (Å²) in [6.07, 6.45) is 0.931. The molecule has 110 valence electrons. The maximum absolute atomic E-state index is 11.7. The molecule has 0 spiro atoms. The van der Waals surface area contributed by atoms with Gasteiger partial charge >= 0.3 is 0 Å². The van der Waals surface area contributed by atoms with Gasteiger partial charge in [-0.15, -0.1) is 0 Å². The summed E-state index contributed by atoms with van der Waals surface area (Å²) in [5.74, 6) is 0.504. The van der Waals surface area contributed by atoms with Crippen molar-refractivity contribution in [2.45, 2.75) is 26.7 Å². The standard InChI is InChI=1S/C15H22N2O3/c1-3-16-15(19)11-17-14(18)10-9-12-7-5-6-8-13(12)20-4-2/h5-8H,3-4,9-11H2,1-2H3,(H,16,19)(H,17,18). The van der Waals surface area contributed by atoms with Crippen molar-refractivity contribution >= 4 is 11.8 Å². The van der Waals surface area contributed by atoms with Crippen LogP contribution in [0.25, 0.3) is 0 Å². The van der Waals surface area contributed by atoms with Crippen molar-refractivity contribution in [1.29, 1.82) is 0 Å². The van der Waals surface area contributed by atoms with E-state index in [9.17, 15) is 9.59 Å². The number of para-hydroxylation sites is 1. The molecule has 5 nitrogen and oxygen atoms in total. The Morgan fingerprint density at radius 1 is 1.10 bits per heavy atom. The van der Waals surface area contributed by atoms with Crippen LogP contribution in [0.3, 0.4) is 0 Å². The molecule has 0 aromatic heterocycles. The predicted octanol–water partition coefficient (Wildman–Crippen LogP) is 1.27. The van der Waals surface area contributed by atoms with E-state index in [2.05, 4.69) is 10.6 Å². The number of carbonyl (C=O) groups is 2. The Kier molecular flexibility index (Phi) is 7.17. The Labute approximate surface area is 119 Å². The van der Waals surface area contributed by atoms with Gasteiger partial charge < -0.3 is 15.4 Å². The molecule has 0 saturated heterocycles. The molecule has 2 N–H and O–H groups in total. The summed E-state index contributed by atoms with van der Waals surface area (Å²) in [6, 6.07) is 7.67. The van der Waals surface area contributed by atoms with Crippen LogP contribution in [-0.4, -0.2) is 31.5 Å². The van der Waals surface area contributed by atoms with E-state index in [4.69, 9.17) is 4.74 Å². The maximum atomic E-state index is 11.7. The zero-order chi connectivity index (χ0) is 14.8. The zero-order valence-electron chi connectivity index (χ0n) is 12.1. The van der Waals surface area contributed by atoms with E-state index in [0.29, 0.717) is 26.0 Å². The minimum atomic E-state index is -0.171. The zero-order valence-corrected chi connectivity index (χ0v) is 12.1. The highest BCUT2D eigenvalue weighted by Gasteiger charge is 2.07. The van der Waals surface area contributed by atoms with Crippen molar-refractivity contribution in [3.05, 3.63) is 29.8 Å². The number of benzene rings is 1. The first-order valence-corrected chi connectivity index (χ1v) is 6.91. The van der Waals surface area contributed by atoms with E-state index in [-0.39, 0.29) is 18.4 Å². The summed E-state index contributed by atoms with van der Waals surface area (Å²) in [5, 5.41) is 5.22.